The van der Waals surface area contributed by atoms with Gasteiger partial charge in [0.25, 0.3) is 5.56 Å². The van der Waals surface area contributed by atoms with E-state index >= 15 is 0 Å². The van der Waals surface area contributed by atoms with E-state index in [4.69, 9.17) is 0 Å². The topological polar surface area (TPSA) is 45.5 Å². The number of carbonyl (C=O) groups is 1. The Balaban J connectivity index is 1.48. The van der Waals surface area contributed by atoms with Gasteiger partial charge in [0.2, 0.25) is 5.91 Å². The van der Waals surface area contributed by atoms with Gasteiger partial charge < -0.3 is 9.80 Å². The van der Waals surface area contributed by atoms with Gasteiger partial charge in [-0.3, -0.25) is 13.5 Å². The maximum Gasteiger partial charge on any atom is 0.269 e. The van der Waals surface area contributed by atoms with E-state index in [0.29, 0.717) is 18.5 Å². The van der Waals surface area contributed by atoms with Gasteiger partial charge in [-0.05, 0) is 50.1 Å². The molecule has 1 amide bonds. The van der Waals surface area contributed by atoms with Crippen LogP contribution in [0.25, 0.3) is 10.1 Å². The van der Waals surface area contributed by atoms with Crippen LogP contribution in [0, 0.1) is 13.8 Å². The second-order valence-corrected chi connectivity index (χ2v) is 8.51. The van der Waals surface area contributed by atoms with Crippen molar-refractivity contribution in [2.45, 2.75) is 26.8 Å². The number of carbonyl (C=O) groups excluding carboxylic acids is 1. The van der Waals surface area contributed by atoms with Crippen LogP contribution in [0.3, 0.4) is 0 Å². The summed E-state index contributed by atoms with van der Waals surface area (Å²) in [4.78, 5) is 29.9. The van der Waals surface area contributed by atoms with E-state index in [1.54, 1.807) is 3.96 Å². The standard InChI is InChI=1S/C22H25N3O2S/c1-15-8-9-16(2)19(14-15)23-10-12-24(13-11-23)21(26)17(3)25-22(27)18-6-4-5-7-20(18)28-25/h4-9,14,17H,10-13H2,1-3H3/t17-/m1/s1. The molecule has 1 aromatic heterocycles. The quantitative estimate of drug-likeness (QED) is 0.681. The number of aryl methyl sites for hydroxylation is 2. The van der Waals surface area contributed by atoms with E-state index < -0.39 is 6.04 Å². The summed E-state index contributed by atoms with van der Waals surface area (Å²) >= 11 is 1.37. The van der Waals surface area contributed by atoms with Crippen LogP contribution in [0.5, 0.6) is 0 Å². The molecule has 146 valence electrons. The zero-order chi connectivity index (χ0) is 19.8. The third-order valence-corrected chi connectivity index (χ3v) is 6.75. The number of hydrogen-bond donors (Lipinski definition) is 0. The lowest BCUT2D eigenvalue weighted by Gasteiger charge is -2.37. The predicted molar refractivity (Wildman–Crippen MR) is 116 cm³/mol. The minimum atomic E-state index is -0.475. The van der Waals surface area contributed by atoms with Crippen molar-refractivity contribution in [3.8, 4) is 0 Å². The van der Waals surface area contributed by atoms with Gasteiger partial charge in [-0.15, -0.1) is 0 Å². The number of nitrogens with zero attached hydrogens (tertiary/aromatic N) is 3. The van der Waals surface area contributed by atoms with Gasteiger partial charge in [0.1, 0.15) is 6.04 Å². The largest absolute Gasteiger partial charge is 0.368 e. The van der Waals surface area contributed by atoms with Crippen molar-refractivity contribution in [3.05, 3.63) is 63.9 Å². The van der Waals surface area contributed by atoms with Gasteiger partial charge in [0.05, 0.1) is 10.1 Å². The molecule has 2 aromatic carbocycles. The van der Waals surface area contributed by atoms with Gasteiger partial charge in [-0.2, -0.15) is 0 Å². The Bertz CT molecular complexity index is 1080. The molecule has 1 fully saturated rings. The van der Waals surface area contributed by atoms with Crippen LogP contribution in [0.4, 0.5) is 5.69 Å². The average Bonchev–Trinajstić information content (AvgIpc) is 3.06. The lowest BCUT2D eigenvalue weighted by atomic mass is 10.1. The summed E-state index contributed by atoms with van der Waals surface area (Å²) in [6.45, 7) is 9.03. The minimum Gasteiger partial charge on any atom is -0.368 e. The first-order valence-electron chi connectivity index (χ1n) is 9.67. The van der Waals surface area contributed by atoms with Gasteiger partial charge in [-0.25, -0.2) is 0 Å². The number of hydrogen-bond acceptors (Lipinski definition) is 4. The minimum absolute atomic E-state index is 0.0225. The van der Waals surface area contributed by atoms with Crippen LogP contribution in [-0.4, -0.2) is 40.9 Å². The Hall–Kier alpha value is -2.60. The first-order chi connectivity index (χ1) is 13.5. The van der Waals surface area contributed by atoms with Crippen LogP contribution in [0.2, 0.25) is 0 Å². The maximum absolute atomic E-state index is 13.0. The Morgan fingerprint density at radius 1 is 1.04 bits per heavy atom. The second-order valence-electron chi connectivity index (χ2n) is 7.50. The molecule has 0 spiro atoms. The van der Waals surface area contributed by atoms with Crippen molar-refractivity contribution in [2.75, 3.05) is 31.1 Å². The lowest BCUT2D eigenvalue weighted by Crippen LogP contribution is -2.50. The molecule has 5 nitrogen and oxygen atoms in total. The fourth-order valence-electron chi connectivity index (χ4n) is 3.84. The van der Waals surface area contributed by atoms with Crippen molar-refractivity contribution in [2.24, 2.45) is 0 Å². The number of fused-ring (bicyclic) bond motifs is 1. The number of aromatic nitrogens is 1. The number of anilines is 1. The molecule has 3 aromatic rings. The highest BCUT2D eigenvalue weighted by molar-refractivity contribution is 7.14. The fraction of sp³-hybridized carbons (Fsp3) is 0.364. The maximum atomic E-state index is 13.0. The lowest BCUT2D eigenvalue weighted by molar-refractivity contribution is -0.134. The zero-order valence-electron chi connectivity index (χ0n) is 16.5. The second kappa shape index (κ2) is 7.43. The Labute approximate surface area is 169 Å². The smallest absolute Gasteiger partial charge is 0.269 e. The Morgan fingerprint density at radius 3 is 2.46 bits per heavy atom. The van der Waals surface area contributed by atoms with E-state index in [1.165, 1.54) is 28.3 Å². The van der Waals surface area contributed by atoms with Crippen LogP contribution in [0.15, 0.2) is 47.3 Å². The first-order valence-corrected chi connectivity index (χ1v) is 10.4. The van der Waals surface area contributed by atoms with Crippen molar-refractivity contribution in [1.82, 2.24) is 8.86 Å². The van der Waals surface area contributed by atoms with Gasteiger partial charge in [-0.1, -0.05) is 35.8 Å². The molecular formula is C22H25N3O2S. The number of amides is 1. The molecule has 28 heavy (non-hydrogen) atoms. The molecule has 1 saturated heterocycles. The van der Waals surface area contributed by atoms with E-state index in [-0.39, 0.29) is 11.5 Å². The Morgan fingerprint density at radius 2 is 1.75 bits per heavy atom. The highest BCUT2D eigenvalue weighted by Gasteiger charge is 2.28. The molecule has 0 bridgehead atoms. The van der Waals surface area contributed by atoms with Crippen LogP contribution in [-0.2, 0) is 4.79 Å². The molecule has 1 aliphatic heterocycles. The average molecular weight is 396 g/mol. The van der Waals surface area contributed by atoms with Crippen molar-refractivity contribution < 1.29 is 4.79 Å². The monoisotopic (exact) mass is 395 g/mol. The van der Waals surface area contributed by atoms with Crippen molar-refractivity contribution >= 4 is 33.2 Å². The summed E-state index contributed by atoms with van der Waals surface area (Å²) in [6, 6.07) is 13.6. The number of rotatable bonds is 3. The number of benzene rings is 2. The fourth-order valence-corrected chi connectivity index (χ4v) is 4.87. The highest BCUT2D eigenvalue weighted by Crippen LogP contribution is 2.24. The summed E-state index contributed by atoms with van der Waals surface area (Å²) in [5.41, 5.74) is 3.68. The normalized spacial score (nSPS) is 15.8. The molecule has 0 saturated carbocycles. The van der Waals surface area contributed by atoms with Crippen molar-refractivity contribution in [3.63, 3.8) is 0 Å². The molecule has 4 rings (SSSR count). The molecule has 2 heterocycles. The van der Waals surface area contributed by atoms with E-state index in [1.807, 2.05) is 36.1 Å². The predicted octanol–water partition coefficient (Wildman–Crippen LogP) is 3.59. The summed E-state index contributed by atoms with van der Waals surface area (Å²) in [5, 5.41) is 0.687. The highest BCUT2D eigenvalue weighted by atomic mass is 32.1. The van der Waals surface area contributed by atoms with Crippen LogP contribution in [0.1, 0.15) is 24.1 Å². The van der Waals surface area contributed by atoms with E-state index in [0.717, 1.165) is 17.8 Å². The summed E-state index contributed by atoms with van der Waals surface area (Å²) in [5.74, 6) is 0.0225. The molecule has 0 aliphatic carbocycles. The van der Waals surface area contributed by atoms with Crippen LogP contribution >= 0.6 is 11.5 Å². The number of piperazine rings is 1. The summed E-state index contributed by atoms with van der Waals surface area (Å²) in [7, 11) is 0. The van der Waals surface area contributed by atoms with Gasteiger partial charge in [0, 0.05) is 31.9 Å². The summed E-state index contributed by atoms with van der Waals surface area (Å²) < 4.78 is 2.54. The molecule has 0 radical (unpaired) electrons. The first kappa shape index (κ1) is 18.7. The molecular weight excluding hydrogens is 370 g/mol. The zero-order valence-corrected chi connectivity index (χ0v) is 17.3. The third kappa shape index (κ3) is 3.33. The molecule has 1 aliphatic rings. The Kier molecular flexibility index (Phi) is 4.98. The molecule has 6 heteroatoms. The van der Waals surface area contributed by atoms with E-state index in [2.05, 4.69) is 36.9 Å². The molecule has 0 unspecified atom stereocenters. The van der Waals surface area contributed by atoms with Crippen molar-refractivity contribution in [1.29, 1.82) is 0 Å². The molecule has 0 N–H and O–H groups in total. The van der Waals surface area contributed by atoms with E-state index in [9.17, 15) is 9.59 Å². The van der Waals surface area contributed by atoms with Gasteiger partial charge >= 0.3 is 0 Å². The third-order valence-electron chi connectivity index (χ3n) is 5.52. The van der Waals surface area contributed by atoms with Crippen LogP contribution < -0.4 is 10.5 Å². The SMILES string of the molecule is Cc1ccc(C)c(N2CCN(C(=O)[C@@H](C)n3sc4ccccc4c3=O)CC2)c1. The summed E-state index contributed by atoms with van der Waals surface area (Å²) in [6.07, 6.45) is 0. The van der Waals surface area contributed by atoms with Gasteiger partial charge in [0.15, 0.2) is 0 Å². The molecule has 1 atom stereocenters.